The third kappa shape index (κ3) is 4.41. The number of rotatable bonds is 7. The van der Waals surface area contributed by atoms with Gasteiger partial charge in [0.05, 0.1) is 6.61 Å². The molecule has 2 nitrogen and oxygen atoms in total. The third-order valence-electron chi connectivity index (χ3n) is 2.43. The molecule has 0 aliphatic rings. The number of nitrogens with one attached hydrogen (secondary N) is 1. The summed E-state index contributed by atoms with van der Waals surface area (Å²) in [6.45, 7) is 10.5. The highest BCUT2D eigenvalue weighted by atomic mass is 35.5. The van der Waals surface area contributed by atoms with Crippen LogP contribution in [-0.4, -0.2) is 13.2 Å². The third-order valence-corrected chi connectivity index (χ3v) is 2.67. The molecule has 0 aliphatic heterocycles. The van der Waals surface area contributed by atoms with Gasteiger partial charge in [0.15, 0.2) is 0 Å². The van der Waals surface area contributed by atoms with Crippen molar-refractivity contribution in [1.82, 2.24) is 5.32 Å². The number of ether oxygens (including phenoxy) is 1. The Balaban J connectivity index is 2.83. The second-order valence-electron chi connectivity index (χ2n) is 3.83. The quantitative estimate of drug-likeness (QED) is 0.589. The maximum Gasteiger partial charge on any atom is 0.119 e. The predicted molar refractivity (Wildman–Crippen MR) is 74.1 cm³/mol. The van der Waals surface area contributed by atoms with Crippen molar-refractivity contribution in [2.24, 2.45) is 0 Å². The van der Waals surface area contributed by atoms with Crippen molar-refractivity contribution in [3.05, 3.63) is 40.9 Å². The van der Waals surface area contributed by atoms with E-state index in [-0.39, 0.29) is 0 Å². The summed E-state index contributed by atoms with van der Waals surface area (Å²) in [6, 6.07) is 5.82. The second-order valence-corrected chi connectivity index (χ2v) is 4.27. The topological polar surface area (TPSA) is 21.3 Å². The highest BCUT2D eigenvalue weighted by Gasteiger charge is 2.07. The second kappa shape index (κ2) is 7.36. The number of hydrogen-bond donors (Lipinski definition) is 1. The first-order chi connectivity index (χ1) is 8.19. The summed E-state index contributed by atoms with van der Waals surface area (Å²) >= 11 is 6.01. The van der Waals surface area contributed by atoms with E-state index in [0.717, 1.165) is 25.1 Å². The van der Waals surface area contributed by atoms with E-state index in [1.165, 1.54) is 5.56 Å². The Kier molecular flexibility index (Phi) is 6.09. The Bertz CT molecular complexity index is 376. The van der Waals surface area contributed by atoms with Crippen LogP contribution in [0.15, 0.2) is 24.8 Å². The zero-order valence-electron chi connectivity index (χ0n) is 10.6. The van der Waals surface area contributed by atoms with Crippen molar-refractivity contribution < 1.29 is 4.74 Å². The van der Waals surface area contributed by atoms with Gasteiger partial charge >= 0.3 is 0 Å². The summed E-state index contributed by atoms with van der Waals surface area (Å²) in [7, 11) is 0. The van der Waals surface area contributed by atoms with E-state index in [1.54, 1.807) is 0 Å². The van der Waals surface area contributed by atoms with E-state index in [9.17, 15) is 0 Å². The zero-order chi connectivity index (χ0) is 12.7. The van der Waals surface area contributed by atoms with Crippen LogP contribution in [0.25, 0.3) is 5.76 Å². The number of benzene rings is 1. The van der Waals surface area contributed by atoms with E-state index < -0.39 is 0 Å². The van der Waals surface area contributed by atoms with Gasteiger partial charge in [0.2, 0.25) is 0 Å². The highest BCUT2D eigenvalue weighted by molar-refractivity contribution is 6.30. The van der Waals surface area contributed by atoms with Crippen LogP contribution >= 0.6 is 11.6 Å². The largest absolute Gasteiger partial charge is 0.494 e. The molecular weight excluding hydrogens is 234 g/mol. The molecule has 1 N–H and O–H groups in total. The summed E-state index contributed by atoms with van der Waals surface area (Å²) in [6.07, 6.45) is 1.12. The van der Waals surface area contributed by atoms with Crippen molar-refractivity contribution in [1.29, 1.82) is 0 Å². The lowest BCUT2D eigenvalue weighted by molar-refractivity contribution is 0.298. The molecule has 0 unspecified atom stereocenters. The fraction of sp³-hybridized carbons (Fsp3) is 0.429. The summed E-state index contributed by atoms with van der Waals surface area (Å²) in [5.41, 5.74) is 2.16. The van der Waals surface area contributed by atoms with Crippen LogP contribution in [0.2, 0.25) is 5.02 Å². The van der Waals surface area contributed by atoms with Gasteiger partial charge in [0.25, 0.3) is 0 Å². The summed E-state index contributed by atoms with van der Waals surface area (Å²) in [4.78, 5) is 0. The van der Waals surface area contributed by atoms with Gasteiger partial charge in [-0.3, -0.25) is 0 Å². The summed E-state index contributed by atoms with van der Waals surface area (Å²) < 4.78 is 5.45. The molecule has 0 saturated heterocycles. The first-order valence-electron chi connectivity index (χ1n) is 6.00. The molecule has 0 bridgehead atoms. The average molecular weight is 254 g/mol. The highest BCUT2D eigenvalue weighted by Crippen LogP contribution is 2.23. The van der Waals surface area contributed by atoms with Crippen molar-refractivity contribution in [2.45, 2.75) is 26.8 Å². The molecule has 1 aromatic carbocycles. The SMILES string of the molecule is C=C(OCC)c1cc(Cl)ccc1CNCCC. The first kappa shape index (κ1) is 14.1. The van der Waals surface area contributed by atoms with E-state index in [4.69, 9.17) is 16.3 Å². The smallest absolute Gasteiger partial charge is 0.119 e. The fourth-order valence-electron chi connectivity index (χ4n) is 1.61. The van der Waals surface area contributed by atoms with Crippen LogP contribution < -0.4 is 5.32 Å². The van der Waals surface area contributed by atoms with Gasteiger partial charge in [-0.05, 0) is 37.6 Å². The molecule has 0 aliphatic carbocycles. The van der Waals surface area contributed by atoms with Crippen molar-refractivity contribution in [3.63, 3.8) is 0 Å². The number of halogens is 1. The minimum atomic E-state index is 0.618. The summed E-state index contributed by atoms with van der Waals surface area (Å²) in [5, 5.41) is 4.08. The Morgan fingerprint density at radius 2 is 2.18 bits per heavy atom. The Hall–Kier alpha value is -0.990. The standard InChI is InChI=1S/C14H20ClNO/c1-4-8-16-10-12-6-7-13(15)9-14(12)11(3)17-5-2/h6-7,9,16H,3-5,8,10H2,1-2H3. The van der Waals surface area contributed by atoms with Crippen LogP contribution in [0.1, 0.15) is 31.4 Å². The van der Waals surface area contributed by atoms with Crippen molar-refractivity contribution >= 4 is 17.4 Å². The van der Waals surface area contributed by atoms with E-state index in [1.807, 2.05) is 25.1 Å². The molecule has 1 aromatic rings. The molecule has 0 heterocycles. The lowest BCUT2D eigenvalue weighted by atomic mass is 10.1. The van der Waals surface area contributed by atoms with Gasteiger partial charge in [-0.25, -0.2) is 0 Å². The van der Waals surface area contributed by atoms with Gasteiger partial charge in [0, 0.05) is 17.1 Å². The molecule has 0 spiro atoms. The van der Waals surface area contributed by atoms with Crippen LogP contribution in [0.5, 0.6) is 0 Å². The molecular formula is C14H20ClNO. The maximum absolute atomic E-state index is 6.01. The molecule has 0 amide bonds. The minimum absolute atomic E-state index is 0.618. The Labute approximate surface area is 109 Å². The molecule has 0 atom stereocenters. The van der Waals surface area contributed by atoms with Gasteiger partial charge in [-0.1, -0.05) is 31.2 Å². The molecule has 0 saturated carbocycles. The van der Waals surface area contributed by atoms with Crippen molar-refractivity contribution in [3.8, 4) is 0 Å². The van der Waals surface area contributed by atoms with Crippen LogP contribution in [0, 0.1) is 0 Å². The van der Waals surface area contributed by atoms with E-state index in [0.29, 0.717) is 17.4 Å². The molecule has 17 heavy (non-hydrogen) atoms. The first-order valence-corrected chi connectivity index (χ1v) is 6.38. The number of hydrogen-bond acceptors (Lipinski definition) is 2. The maximum atomic E-state index is 6.01. The Morgan fingerprint density at radius 3 is 2.82 bits per heavy atom. The fourth-order valence-corrected chi connectivity index (χ4v) is 1.79. The Morgan fingerprint density at radius 1 is 1.41 bits per heavy atom. The molecule has 1 rings (SSSR count). The average Bonchev–Trinajstić information content (AvgIpc) is 2.31. The van der Waals surface area contributed by atoms with E-state index >= 15 is 0 Å². The lowest BCUT2D eigenvalue weighted by Crippen LogP contribution is -2.15. The van der Waals surface area contributed by atoms with Gasteiger partial charge in [-0.15, -0.1) is 0 Å². The van der Waals surface area contributed by atoms with Crippen LogP contribution in [-0.2, 0) is 11.3 Å². The van der Waals surface area contributed by atoms with Crippen LogP contribution in [0.4, 0.5) is 0 Å². The van der Waals surface area contributed by atoms with Gasteiger partial charge in [-0.2, -0.15) is 0 Å². The normalized spacial score (nSPS) is 10.3. The molecule has 0 radical (unpaired) electrons. The molecule has 0 aromatic heterocycles. The molecule has 3 heteroatoms. The van der Waals surface area contributed by atoms with Gasteiger partial charge < -0.3 is 10.1 Å². The monoisotopic (exact) mass is 253 g/mol. The zero-order valence-corrected chi connectivity index (χ0v) is 11.3. The summed E-state index contributed by atoms with van der Waals surface area (Å²) in [5.74, 6) is 0.684. The minimum Gasteiger partial charge on any atom is -0.494 e. The molecule has 94 valence electrons. The predicted octanol–water partition coefficient (Wildman–Crippen LogP) is 3.85. The van der Waals surface area contributed by atoms with Crippen molar-refractivity contribution in [2.75, 3.05) is 13.2 Å². The van der Waals surface area contributed by atoms with Crippen LogP contribution in [0.3, 0.4) is 0 Å². The van der Waals surface area contributed by atoms with E-state index in [2.05, 4.69) is 18.8 Å². The van der Waals surface area contributed by atoms with Gasteiger partial charge in [0.1, 0.15) is 5.76 Å². The molecule has 0 fully saturated rings. The lowest BCUT2D eigenvalue weighted by Gasteiger charge is -2.13.